The molecule has 7 heteroatoms. The standard InChI is InChI=1S/C13H13F3N2O2/c1-6(2)11-13(20)18(5-10(19)17-11)12-8(15)3-7(14)4-9(12)16/h3-4,6,11H,5H2,1-2H3,(H,17,19). The van der Waals surface area contributed by atoms with Crippen LogP contribution in [-0.2, 0) is 9.59 Å². The van der Waals surface area contributed by atoms with Gasteiger partial charge in [-0.3, -0.25) is 14.5 Å². The Morgan fingerprint density at radius 1 is 1.20 bits per heavy atom. The van der Waals surface area contributed by atoms with E-state index in [1.807, 2.05) is 0 Å². The van der Waals surface area contributed by atoms with Crippen molar-refractivity contribution in [3.63, 3.8) is 0 Å². The number of benzene rings is 1. The first kappa shape index (κ1) is 14.4. The van der Waals surface area contributed by atoms with Gasteiger partial charge in [0.2, 0.25) is 11.8 Å². The van der Waals surface area contributed by atoms with Crippen molar-refractivity contribution in [3.8, 4) is 0 Å². The zero-order valence-corrected chi connectivity index (χ0v) is 10.9. The molecule has 0 aromatic heterocycles. The molecule has 1 unspecified atom stereocenters. The Labute approximate surface area is 113 Å². The lowest BCUT2D eigenvalue weighted by Crippen LogP contribution is -2.60. The molecule has 1 fully saturated rings. The van der Waals surface area contributed by atoms with E-state index in [9.17, 15) is 22.8 Å². The molecule has 0 spiro atoms. The number of piperazine rings is 1. The topological polar surface area (TPSA) is 49.4 Å². The molecule has 1 atom stereocenters. The first-order valence-corrected chi connectivity index (χ1v) is 6.06. The first-order chi connectivity index (χ1) is 9.31. The average molecular weight is 286 g/mol. The Bertz CT molecular complexity index is 552. The van der Waals surface area contributed by atoms with Crippen molar-refractivity contribution in [2.24, 2.45) is 5.92 Å². The summed E-state index contributed by atoms with van der Waals surface area (Å²) in [6.45, 7) is 2.90. The van der Waals surface area contributed by atoms with Crippen LogP contribution < -0.4 is 10.2 Å². The monoisotopic (exact) mass is 286 g/mol. The molecule has 108 valence electrons. The van der Waals surface area contributed by atoms with Crippen molar-refractivity contribution in [1.82, 2.24) is 5.32 Å². The Morgan fingerprint density at radius 2 is 1.75 bits per heavy atom. The molecule has 0 saturated carbocycles. The minimum absolute atomic E-state index is 0.235. The predicted octanol–water partition coefficient (Wildman–Crippen LogP) is 1.59. The van der Waals surface area contributed by atoms with Gasteiger partial charge in [0.05, 0.1) is 0 Å². The number of hydrogen-bond acceptors (Lipinski definition) is 2. The molecule has 4 nitrogen and oxygen atoms in total. The van der Waals surface area contributed by atoms with Crippen molar-refractivity contribution < 1.29 is 22.8 Å². The van der Waals surface area contributed by atoms with Gasteiger partial charge in [-0.05, 0) is 5.92 Å². The van der Waals surface area contributed by atoms with Gasteiger partial charge in [-0.2, -0.15) is 0 Å². The highest BCUT2D eigenvalue weighted by Gasteiger charge is 2.37. The van der Waals surface area contributed by atoms with E-state index in [-0.39, 0.29) is 5.92 Å². The third-order valence-electron chi connectivity index (χ3n) is 3.07. The molecule has 0 aliphatic carbocycles. The summed E-state index contributed by atoms with van der Waals surface area (Å²) in [7, 11) is 0. The zero-order chi connectivity index (χ0) is 15.0. The van der Waals surface area contributed by atoms with Crippen molar-refractivity contribution >= 4 is 17.5 Å². The molecule has 0 radical (unpaired) electrons. The summed E-state index contributed by atoms with van der Waals surface area (Å²) >= 11 is 0. The smallest absolute Gasteiger partial charge is 0.250 e. The number of rotatable bonds is 2. The third kappa shape index (κ3) is 2.48. The quantitative estimate of drug-likeness (QED) is 0.897. The molecule has 20 heavy (non-hydrogen) atoms. The van der Waals surface area contributed by atoms with Crippen LogP contribution in [0.4, 0.5) is 18.9 Å². The lowest BCUT2D eigenvalue weighted by Gasteiger charge is -2.34. The Morgan fingerprint density at radius 3 is 2.25 bits per heavy atom. The van der Waals surface area contributed by atoms with E-state index in [1.54, 1.807) is 13.8 Å². The number of hydrogen-bond donors (Lipinski definition) is 1. The predicted molar refractivity (Wildman–Crippen MR) is 65.4 cm³/mol. The highest BCUT2D eigenvalue weighted by atomic mass is 19.1. The molecule has 1 aliphatic heterocycles. The number of nitrogens with one attached hydrogen (secondary N) is 1. The maximum absolute atomic E-state index is 13.7. The highest BCUT2D eigenvalue weighted by molar-refractivity contribution is 6.06. The van der Waals surface area contributed by atoms with Crippen LogP contribution in [0.25, 0.3) is 0 Å². The second-order valence-electron chi connectivity index (χ2n) is 4.93. The number of nitrogens with zero attached hydrogens (tertiary/aromatic N) is 1. The number of halogens is 3. The van der Waals surface area contributed by atoms with Gasteiger partial charge in [-0.25, -0.2) is 13.2 Å². The van der Waals surface area contributed by atoms with Crippen LogP contribution in [0.3, 0.4) is 0 Å². The molecule has 2 amide bonds. The van der Waals surface area contributed by atoms with Crippen molar-refractivity contribution in [1.29, 1.82) is 0 Å². The van der Waals surface area contributed by atoms with Crippen LogP contribution >= 0.6 is 0 Å². The van der Waals surface area contributed by atoms with Crippen LogP contribution in [0, 0.1) is 23.4 Å². The van der Waals surface area contributed by atoms with E-state index >= 15 is 0 Å². The summed E-state index contributed by atoms with van der Waals surface area (Å²) < 4.78 is 40.3. The third-order valence-corrected chi connectivity index (χ3v) is 3.07. The molecular weight excluding hydrogens is 273 g/mol. The van der Waals surface area contributed by atoms with Gasteiger partial charge in [0.15, 0.2) is 11.6 Å². The minimum Gasteiger partial charge on any atom is -0.342 e. The molecule has 1 aliphatic rings. The van der Waals surface area contributed by atoms with Crippen molar-refractivity contribution in [3.05, 3.63) is 29.6 Å². The fraction of sp³-hybridized carbons (Fsp3) is 0.385. The number of amides is 2. The van der Waals surface area contributed by atoms with Crippen LogP contribution in [0.5, 0.6) is 0 Å². The molecule has 1 aromatic rings. The summed E-state index contributed by atoms with van der Waals surface area (Å²) in [5, 5.41) is 2.47. The largest absolute Gasteiger partial charge is 0.342 e. The highest BCUT2D eigenvalue weighted by Crippen LogP contribution is 2.27. The second kappa shape index (κ2) is 5.15. The number of carbonyl (C=O) groups is 2. The molecule has 1 heterocycles. The van der Waals surface area contributed by atoms with Crippen LogP contribution in [0.2, 0.25) is 0 Å². The van der Waals surface area contributed by atoms with Gasteiger partial charge in [-0.15, -0.1) is 0 Å². The van der Waals surface area contributed by atoms with Gasteiger partial charge in [0, 0.05) is 12.1 Å². The Hall–Kier alpha value is -2.05. The van der Waals surface area contributed by atoms with E-state index in [0.29, 0.717) is 17.0 Å². The van der Waals surface area contributed by atoms with Gasteiger partial charge in [-0.1, -0.05) is 13.8 Å². The maximum atomic E-state index is 13.7. The van der Waals surface area contributed by atoms with E-state index in [2.05, 4.69) is 5.32 Å². The lowest BCUT2D eigenvalue weighted by molar-refractivity contribution is -0.132. The molecule has 0 bridgehead atoms. The first-order valence-electron chi connectivity index (χ1n) is 6.06. The second-order valence-corrected chi connectivity index (χ2v) is 4.93. The summed E-state index contributed by atoms with van der Waals surface area (Å²) in [5.41, 5.74) is -0.697. The zero-order valence-electron chi connectivity index (χ0n) is 10.9. The minimum atomic E-state index is -1.21. The molecule has 1 N–H and O–H groups in total. The lowest BCUT2D eigenvalue weighted by atomic mass is 10.00. The maximum Gasteiger partial charge on any atom is 0.250 e. The van der Waals surface area contributed by atoms with Gasteiger partial charge in [0.25, 0.3) is 0 Å². The van der Waals surface area contributed by atoms with Crippen LogP contribution in [0.1, 0.15) is 13.8 Å². The van der Waals surface area contributed by atoms with Crippen LogP contribution in [0.15, 0.2) is 12.1 Å². The number of anilines is 1. The summed E-state index contributed by atoms with van der Waals surface area (Å²) in [6, 6.07) is 0.0886. The van der Waals surface area contributed by atoms with Gasteiger partial charge in [0.1, 0.15) is 24.1 Å². The van der Waals surface area contributed by atoms with Crippen LogP contribution in [-0.4, -0.2) is 24.4 Å². The average Bonchev–Trinajstić information content (AvgIpc) is 2.31. The molecule has 1 saturated heterocycles. The van der Waals surface area contributed by atoms with Crippen molar-refractivity contribution in [2.75, 3.05) is 11.4 Å². The van der Waals surface area contributed by atoms with E-state index in [4.69, 9.17) is 0 Å². The fourth-order valence-corrected chi connectivity index (χ4v) is 2.10. The molecular formula is C13H13F3N2O2. The normalized spacial score (nSPS) is 19.5. The molecule has 1 aromatic carbocycles. The Kier molecular flexibility index (Phi) is 3.69. The van der Waals surface area contributed by atoms with Gasteiger partial charge < -0.3 is 5.32 Å². The SMILES string of the molecule is CC(C)C1NC(=O)CN(c2c(F)cc(F)cc2F)C1=O. The van der Waals surface area contributed by atoms with E-state index in [1.165, 1.54) is 0 Å². The number of carbonyl (C=O) groups excluding carboxylic acids is 2. The van der Waals surface area contributed by atoms with Gasteiger partial charge >= 0.3 is 0 Å². The summed E-state index contributed by atoms with van der Waals surface area (Å²) in [4.78, 5) is 24.5. The summed E-state index contributed by atoms with van der Waals surface area (Å²) in [5.74, 6) is -4.89. The van der Waals surface area contributed by atoms with E-state index in [0.717, 1.165) is 0 Å². The molecule has 2 rings (SSSR count). The van der Waals surface area contributed by atoms with Crippen molar-refractivity contribution in [2.45, 2.75) is 19.9 Å². The Balaban J connectivity index is 2.46. The van der Waals surface area contributed by atoms with E-state index < -0.39 is 47.5 Å². The fourth-order valence-electron chi connectivity index (χ4n) is 2.10. The summed E-state index contributed by atoms with van der Waals surface area (Å²) in [6.07, 6.45) is 0.